The van der Waals surface area contributed by atoms with Gasteiger partial charge in [-0.15, -0.1) is 0 Å². The van der Waals surface area contributed by atoms with Gasteiger partial charge in [-0.3, -0.25) is 0 Å². The third kappa shape index (κ3) is 6.63. The van der Waals surface area contributed by atoms with E-state index < -0.39 is 11.9 Å². The monoisotopic (exact) mass is 199 g/mol. The summed E-state index contributed by atoms with van der Waals surface area (Å²) in [6.45, 7) is 3.56. The van der Waals surface area contributed by atoms with Gasteiger partial charge in [-0.2, -0.15) is 0 Å². The first-order valence-corrected chi connectivity index (χ1v) is 5.28. The summed E-state index contributed by atoms with van der Waals surface area (Å²) in [7, 11) is 0. The standard InChI is InChI=1S/C11H20O3/c1-3-4-5-6-10(11(13)14)8-7-9(2)12/h10H,3-8H2,1-2H3,(H,13,14)/p-1/t10-/m0/s1. The molecule has 0 spiro atoms. The average Bonchev–Trinajstić information content (AvgIpc) is 2.10. The molecule has 3 heteroatoms. The van der Waals surface area contributed by atoms with Crippen LogP contribution in [0.1, 0.15) is 52.4 Å². The summed E-state index contributed by atoms with van der Waals surface area (Å²) < 4.78 is 0. The molecule has 0 heterocycles. The maximum Gasteiger partial charge on any atom is 0.129 e. The predicted octanol–water partition coefficient (Wildman–Crippen LogP) is 1.30. The maximum atomic E-state index is 10.7. The molecule has 0 fully saturated rings. The zero-order valence-electron chi connectivity index (χ0n) is 9.04. The lowest BCUT2D eigenvalue weighted by Gasteiger charge is -2.16. The number of ketones is 1. The van der Waals surface area contributed by atoms with Gasteiger partial charge in [0.1, 0.15) is 5.78 Å². The Bertz CT molecular complexity index is 187. The Balaban J connectivity index is 3.78. The molecule has 0 amide bonds. The largest absolute Gasteiger partial charge is 0.550 e. The highest BCUT2D eigenvalue weighted by Gasteiger charge is 2.10. The zero-order chi connectivity index (χ0) is 11.0. The van der Waals surface area contributed by atoms with Gasteiger partial charge in [0.15, 0.2) is 0 Å². The van der Waals surface area contributed by atoms with Gasteiger partial charge in [-0.05, 0) is 25.7 Å². The maximum absolute atomic E-state index is 10.7. The first-order valence-electron chi connectivity index (χ1n) is 5.28. The predicted molar refractivity (Wildman–Crippen MR) is 52.6 cm³/mol. The van der Waals surface area contributed by atoms with Crippen LogP contribution in [-0.2, 0) is 9.59 Å². The van der Waals surface area contributed by atoms with E-state index in [-0.39, 0.29) is 5.78 Å². The Kier molecular flexibility index (Phi) is 7.07. The van der Waals surface area contributed by atoms with E-state index in [1.807, 2.05) is 0 Å². The fourth-order valence-electron chi connectivity index (χ4n) is 1.40. The van der Waals surface area contributed by atoms with Crippen molar-refractivity contribution in [3.05, 3.63) is 0 Å². The molecule has 0 aliphatic rings. The summed E-state index contributed by atoms with van der Waals surface area (Å²) in [5.41, 5.74) is 0. The molecule has 0 saturated carbocycles. The summed E-state index contributed by atoms with van der Waals surface area (Å²) in [6, 6.07) is 0. The number of hydrogen-bond acceptors (Lipinski definition) is 3. The van der Waals surface area contributed by atoms with Crippen LogP contribution in [0, 0.1) is 5.92 Å². The normalized spacial score (nSPS) is 12.4. The first kappa shape index (κ1) is 13.1. The Morgan fingerprint density at radius 2 is 1.86 bits per heavy atom. The lowest BCUT2D eigenvalue weighted by molar-refractivity contribution is -0.312. The van der Waals surface area contributed by atoms with Crippen LogP contribution in [0.15, 0.2) is 0 Å². The van der Waals surface area contributed by atoms with Gasteiger partial charge >= 0.3 is 0 Å². The van der Waals surface area contributed by atoms with E-state index in [9.17, 15) is 14.7 Å². The number of Topliss-reactive ketones (excluding diaryl/α,β-unsaturated/α-hetero) is 1. The highest BCUT2D eigenvalue weighted by Crippen LogP contribution is 2.15. The van der Waals surface area contributed by atoms with Crippen molar-refractivity contribution >= 4 is 11.8 Å². The smallest absolute Gasteiger partial charge is 0.129 e. The van der Waals surface area contributed by atoms with Crippen LogP contribution in [0.2, 0.25) is 0 Å². The summed E-state index contributed by atoms with van der Waals surface area (Å²) >= 11 is 0. The van der Waals surface area contributed by atoms with Crippen molar-refractivity contribution in [2.75, 3.05) is 0 Å². The number of aliphatic carboxylic acids is 1. The van der Waals surface area contributed by atoms with Crippen LogP contribution in [0.4, 0.5) is 0 Å². The van der Waals surface area contributed by atoms with E-state index in [1.54, 1.807) is 0 Å². The quantitative estimate of drug-likeness (QED) is 0.554. The second-order valence-corrected chi connectivity index (χ2v) is 3.75. The van der Waals surface area contributed by atoms with Gasteiger partial charge in [-0.1, -0.05) is 26.2 Å². The summed E-state index contributed by atoms with van der Waals surface area (Å²) in [4.78, 5) is 21.4. The van der Waals surface area contributed by atoms with Crippen LogP contribution >= 0.6 is 0 Å². The molecule has 0 radical (unpaired) electrons. The molecular weight excluding hydrogens is 180 g/mol. The SMILES string of the molecule is CCCCC[C@@H](CCC(C)=O)C(=O)[O-]. The molecule has 0 aliphatic carbocycles. The number of rotatable bonds is 8. The van der Waals surface area contributed by atoms with E-state index in [0.29, 0.717) is 19.3 Å². The van der Waals surface area contributed by atoms with Crippen LogP contribution in [0.3, 0.4) is 0 Å². The molecule has 0 unspecified atom stereocenters. The Hall–Kier alpha value is -0.860. The van der Waals surface area contributed by atoms with Crippen LogP contribution in [-0.4, -0.2) is 11.8 Å². The molecule has 0 aromatic carbocycles. The minimum Gasteiger partial charge on any atom is -0.550 e. The van der Waals surface area contributed by atoms with Crippen molar-refractivity contribution in [1.29, 1.82) is 0 Å². The molecular formula is C11H19O3-. The van der Waals surface area contributed by atoms with E-state index >= 15 is 0 Å². The molecule has 0 aliphatic heterocycles. The molecule has 0 aromatic heterocycles. The molecule has 0 aromatic rings. The minimum absolute atomic E-state index is 0.0479. The van der Waals surface area contributed by atoms with Crippen molar-refractivity contribution in [2.24, 2.45) is 5.92 Å². The van der Waals surface area contributed by atoms with Crippen molar-refractivity contribution < 1.29 is 14.7 Å². The molecule has 0 rings (SSSR count). The van der Waals surface area contributed by atoms with Crippen molar-refractivity contribution in [1.82, 2.24) is 0 Å². The summed E-state index contributed by atoms with van der Waals surface area (Å²) in [5, 5.41) is 10.7. The number of carbonyl (C=O) groups excluding carboxylic acids is 2. The highest BCUT2D eigenvalue weighted by molar-refractivity contribution is 5.76. The van der Waals surface area contributed by atoms with Crippen LogP contribution < -0.4 is 5.11 Å². The molecule has 14 heavy (non-hydrogen) atoms. The lowest BCUT2D eigenvalue weighted by Crippen LogP contribution is -2.31. The molecule has 0 saturated heterocycles. The second kappa shape index (κ2) is 7.54. The molecule has 82 valence electrons. The van der Waals surface area contributed by atoms with Gasteiger partial charge < -0.3 is 14.7 Å². The topological polar surface area (TPSA) is 57.2 Å². The number of carboxylic acids is 1. The van der Waals surface area contributed by atoms with E-state index in [4.69, 9.17) is 0 Å². The summed E-state index contributed by atoms with van der Waals surface area (Å²) in [5.74, 6) is -1.40. The van der Waals surface area contributed by atoms with Crippen molar-refractivity contribution in [3.63, 3.8) is 0 Å². The molecule has 1 atom stereocenters. The first-order chi connectivity index (χ1) is 6.57. The molecule has 0 bridgehead atoms. The van der Waals surface area contributed by atoms with E-state index in [2.05, 4.69) is 6.92 Å². The number of unbranched alkanes of at least 4 members (excludes halogenated alkanes) is 2. The van der Waals surface area contributed by atoms with E-state index in [1.165, 1.54) is 6.92 Å². The molecule has 3 nitrogen and oxygen atoms in total. The second-order valence-electron chi connectivity index (χ2n) is 3.75. The zero-order valence-corrected chi connectivity index (χ0v) is 9.04. The van der Waals surface area contributed by atoms with Gasteiger partial charge in [-0.25, -0.2) is 0 Å². The van der Waals surface area contributed by atoms with E-state index in [0.717, 1.165) is 19.3 Å². The number of carboxylic acid groups (broad SMARTS) is 1. The third-order valence-corrected chi connectivity index (χ3v) is 2.33. The van der Waals surface area contributed by atoms with Gasteiger partial charge in [0.05, 0.1) is 0 Å². The molecule has 0 N–H and O–H groups in total. The Morgan fingerprint density at radius 3 is 2.29 bits per heavy atom. The fourth-order valence-corrected chi connectivity index (χ4v) is 1.40. The van der Waals surface area contributed by atoms with Crippen LogP contribution in [0.5, 0.6) is 0 Å². The van der Waals surface area contributed by atoms with Gasteiger partial charge in [0, 0.05) is 12.4 Å². The minimum atomic E-state index is -1.01. The number of carbonyl (C=O) groups is 2. The number of hydrogen-bond donors (Lipinski definition) is 0. The Labute approximate surface area is 85.5 Å². The van der Waals surface area contributed by atoms with Gasteiger partial charge in [0.25, 0.3) is 0 Å². The third-order valence-electron chi connectivity index (χ3n) is 2.33. The average molecular weight is 199 g/mol. The van der Waals surface area contributed by atoms with Gasteiger partial charge in [0.2, 0.25) is 0 Å². The highest BCUT2D eigenvalue weighted by atomic mass is 16.4. The summed E-state index contributed by atoms with van der Waals surface area (Å²) in [6.07, 6.45) is 4.46. The lowest BCUT2D eigenvalue weighted by atomic mass is 9.95. The van der Waals surface area contributed by atoms with Crippen molar-refractivity contribution in [3.8, 4) is 0 Å². The van der Waals surface area contributed by atoms with Crippen LogP contribution in [0.25, 0.3) is 0 Å². The fraction of sp³-hybridized carbons (Fsp3) is 0.818. The Morgan fingerprint density at radius 1 is 1.21 bits per heavy atom. The van der Waals surface area contributed by atoms with Crippen molar-refractivity contribution in [2.45, 2.75) is 52.4 Å².